The van der Waals surface area contributed by atoms with Crippen molar-refractivity contribution in [2.24, 2.45) is 0 Å². The molecule has 154 valence electrons. The highest BCUT2D eigenvalue weighted by Crippen LogP contribution is 2.50. The fourth-order valence-corrected chi connectivity index (χ4v) is 4.83. The van der Waals surface area contributed by atoms with E-state index in [1.165, 1.54) is 22.3 Å². The first-order valence-corrected chi connectivity index (χ1v) is 11.9. The minimum Gasteiger partial charge on any atom is -0.454 e. The molecule has 2 aromatic carbocycles. The second-order valence-electron chi connectivity index (χ2n) is 8.29. The second-order valence-corrected chi connectivity index (χ2v) is 9.05. The third-order valence-electron chi connectivity index (χ3n) is 6.36. The Morgan fingerprint density at radius 2 is 1.90 bits per heavy atom. The topological polar surface area (TPSA) is 47.6 Å². The molecule has 5 heteroatoms. The molecule has 2 aromatic rings. The molecule has 4 nitrogen and oxygen atoms in total. The molecule has 1 fully saturated rings. The minimum atomic E-state index is -0.437. The Balaban J connectivity index is 1.31. The highest BCUT2D eigenvalue weighted by atomic mass is 127. The Hall–Kier alpha value is -2.28. The molecule has 3 aliphatic rings. The number of alkyl halides is 1. The van der Waals surface area contributed by atoms with Gasteiger partial charge in [-0.15, -0.1) is 0 Å². The van der Waals surface area contributed by atoms with Crippen LogP contribution in [0.4, 0.5) is 0 Å². The molecule has 1 N–H and O–H groups in total. The van der Waals surface area contributed by atoms with Gasteiger partial charge >= 0.3 is 0 Å². The lowest BCUT2D eigenvalue weighted by molar-refractivity contribution is -0.124. The lowest BCUT2D eigenvalue weighted by atomic mass is 9.88. The predicted molar refractivity (Wildman–Crippen MR) is 126 cm³/mol. The third kappa shape index (κ3) is 3.53. The van der Waals surface area contributed by atoms with Crippen molar-refractivity contribution in [2.75, 3.05) is 6.79 Å². The number of fused-ring (bicyclic) bond motifs is 1. The van der Waals surface area contributed by atoms with Gasteiger partial charge in [0.15, 0.2) is 11.5 Å². The first kappa shape index (κ1) is 19.7. The zero-order valence-corrected chi connectivity index (χ0v) is 19.1. The van der Waals surface area contributed by atoms with E-state index in [-0.39, 0.29) is 18.7 Å². The summed E-state index contributed by atoms with van der Waals surface area (Å²) in [5.74, 6) is 1.60. The number of nitrogens with one attached hydrogen (secondary N) is 1. The Bertz CT molecular complexity index is 1050. The quantitative estimate of drug-likeness (QED) is 0.436. The summed E-state index contributed by atoms with van der Waals surface area (Å²) in [6, 6.07) is 14.7. The van der Waals surface area contributed by atoms with Crippen LogP contribution in [0, 0.1) is 0 Å². The molecule has 0 bridgehead atoms. The summed E-state index contributed by atoms with van der Waals surface area (Å²) in [4.78, 5) is 13.3. The van der Waals surface area contributed by atoms with Crippen molar-refractivity contribution in [3.05, 3.63) is 76.9 Å². The smallest absolute Gasteiger partial charge is 0.231 e. The molecule has 1 unspecified atom stereocenters. The first-order valence-electron chi connectivity index (χ1n) is 10.3. The number of allylic oxidation sites excluding steroid dienone is 2. The molecule has 0 aromatic heterocycles. The number of halogens is 1. The molecule has 5 rings (SSSR count). The van der Waals surface area contributed by atoms with Crippen LogP contribution in [0.5, 0.6) is 11.5 Å². The monoisotopic (exact) mass is 513 g/mol. The molecule has 30 heavy (non-hydrogen) atoms. The van der Waals surface area contributed by atoms with Gasteiger partial charge in [-0.3, -0.25) is 4.79 Å². The molecule has 1 atom stereocenters. The normalized spacial score (nSPS) is 20.9. The lowest BCUT2D eigenvalue weighted by Crippen LogP contribution is -2.41. The number of rotatable bonds is 5. The minimum absolute atomic E-state index is 0.00642. The molecule has 0 radical (unpaired) electrons. The summed E-state index contributed by atoms with van der Waals surface area (Å²) in [5, 5.41) is 3.30. The standard InChI is InChI=1S/C25H24INO3/c1-16-2-8-20(13-21(16)18-5-3-17(14-26)4-6-18)27-24(28)25(10-11-25)19-7-9-22-23(12-19)30-15-29-22/h2-9,12,20H,10-11,13-15H2,1H3,(H,27,28). The van der Waals surface area contributed by atoms with Gasteiger partial charge in [0.25, 0.3) is 0 Å². The average Bonchev–Trinajstić information content (AvgIpc) is 3.46. The van der Waals surface area contributed by atoms with E-state index in [9.17, 15) is 4.79 Å². The van der Waals surface area contributed by atoms with Gasteiger partial charge in [0.05, 0.1) is 11.5 Å². The summed E-state index contributed by atoms with van der Waals surface area (Å²) >= 11 is 2.38. The van der Waals surface area contributed by atoms with Gasteiger partial charge in [-0.1, -0.05) is 65.1 Å². The van der Waals surface area contributed by atoms with E-state index in [1.807, 2.05) is 18.2 Å². The van der Waals surface area contributed by atoms with Crippen molar-refractivity contribution in [2.45, 2.75) is 42.1 Å². The van der Waals surface area contributed by atoms with Gasteiger partial charge in [-0.25, -0.2) is 0 Å². The van der Waals surface area contributed by atoms with Crippen LogP contribution in [0.2, 0.25) is 0 Å². The maximum absolute atomic E-state index is 13.3. The fraction of sp³-hybridized carbons (Fsp3) is 0.320. The van der Waals surface area contributed by atoms with Crippen molar-refractivity contribution in [1.82, 2.24) is 5.32 Å². The summed E-state index contributed by atoms with van der Waals surface area (Å²) < 4.78 is 11.9. The van der Waals surface area contributed by atoms with E-state index in [4.69, 9.17) is 9.47 Å². The maximum Gasteiger partial charge on any atom is 0.231 e. The van der Waals surface area contributed by atoms with Gasteiger partial charge in [0, 0.05) is 4.43 Å². The number of carbonyl (C=O) groups is 1. The van der Waals surface area contributed by atoms with Crippen LogP contribution in [0.1, 0.15) is 42.9 Å². The number of benzene rings is 2. The number of amides is 1. The highest BCUT2D eigenvalue weighted by Gasteiger charge is 2.52. The van der Waals surface area contributed by atoms with Crippen molar-refractivity contribution >= 4 is 34.1 Å². The maximum atomic E-state index is 13.3. The molecular formula is C25H24INO3. The van der Waals surface area contributed by atoms with Crippen molar-refractivity contribution in [1.29, 1.82) is 0 Å². The Kier molecular flexibility index (Phi) is 5.09. The van der Waals surface area contributed by atoms with Gasteiger partial charge in [0.2, 0.25) is 12.7 Å². The van der Waals surface area contributed by atoms with E-state index < -0.39 is 5.41 Å². The van der Waals surface area contributed by atoms with Crippen LogP contribution < -0.4 is 14.8 Å². The van der Waals surface area contributed by atoms with Gasteiger partial charge in [0.1, 0.15) is 0 Å². The SMILES string of the molecule is CC1=C(c2ccc(CI)cc2)CC(NC(=O)C2(c3ccc4c(c3)OCO4)CC2)C=C1. The molecule has 1 aliphatic heterocycles. The largest absolute Gasteiger partial charge is 0.454 e. The van der Waals surface area contributed by atoms with Gasteiger partial charge in [-0.2, -0.15) is 0 Å². The Morgan fingerprint density at radius 1 is 1.13 bits per heavy atom. The van der Waals surface area contributed by atoms with Crippen LogP contribution in [-0.2, 0) is 14.6 Å². The average molecular weight is 513 g/mol. The zero-order chi connectivity index (χ0) is 20.7. The summed E-state index contributed by atoms with van der Waals surface area (Å²) in [6.07, 6.45) is 6.81. The molecule has 1 amide bonds. The second kappa shape index (κ2) is 7.76. The zero-order valence-electron chi connectivity index (χ0n) is 16.9. The number of hydrogen-bond donors (Lipinski definition) is 1. The summed E-state index contributed by atoms with van der Waals surface area (Å²) in [6.45, 7) is 2.39. The van der Waals surface area contributed by atoms with Crippen LogP contribution >= 0.6 is 22.6 Å². The van der Waals surface area contributed by atoms with Gasteiger partial charge in [-0.05, 0) is 66.2 Å². The van der Waals surface area contributed by atoms with Crippen molar-refractivity contribution in [3.63, 3.8) is 0 Å². The highest BCUT2D eigenvalue weighted by molar-refractivity contribution is 14.1. The number of carbonyl (C=O) groups excluding carboxylic acids is 1. The fourth-order valence-electron chi connectivity index (χ4n) is 4.32. The molecule has 1 saturated carbocycles. The van der Waals surface area contributed by atoms with E-state index in [0.717, 1.165) is 40.8 Å². The van der Waals surface area contributed by atoms with Crippen LogP contribution in [0.15, 0.2) is 60.2 Å². The van der Waals surface area contributed by atoms with Crippen LogP contribution in [0.25, 0.3) is 5.57 Å². The molecular weight excluding hydrogens is 489 g/mol. The Labute approximate surface area is 190 Å². The molecule has 0 saturated heterocycles. The molecule has 0 spiro atoms. The van der Waals surface area contributed by atoms with E-state index >= 15 is 0 Å². The van der Waals surface area contributed by atoms with E-state index in [1.54, 1.807) is 0 Å². The van der Waals surface area contributed by atoms with E-state index in [2.05, 4.69) is 71.2 Å². The van der Waals surface area contributed by atoms with Crippen molar-refractivity contribution < 1.29 is 14.3 Å². The van der Waals surface area contributed by atoms with Crippen LogP contribution in [0.3, 0.4) is 0 Å². The third-order valence-corrected chi connectivity index (χ3v) is 7.24. The lowest BCUT2D eigenvalue weighted by Gasteiger charge is -2.25. The molecule has 2 aliphatic carbocycles. The molecule has 1 heterocycles. The Morgan fingerprint density at radius 3 is 2.63 bits per heavy atom. The number of ether oxygens (including phenoxy) is 2. The number of hydrogen-bond acceptors (Lipinski definition) is 3. The van der Waals surface area contributed by atoms with E-state index in [0.29, 0.717) is 0 Å². The first-order chi connectivity index (χ1) is 14.6. The summed E-state index contributed by atoms with van der Waals surface area (Å²) in [7, 11) is 0. The summed E-state index contributed by atoms with van der Waals surface area (Å²) in [5.41, 5.74) is 5.71. The van der Waals surface area contributed by atoms with Crippen molar-refractivity contribution in [3.8, 4) is 11.5 Å². The van der Waals surface area contributed by atoms with Gasteiger partial charge < -0.3 is 14.8 Å². The predicted octanol–water partition coefficient (Wildman–Crippen LogP) is 5.30. The van der Waals surface area contributed by atoms with Crippen LogP contribution in [-0.4, -0.2) is 18.7 Å².